The van der Waals surface area contributed by atoms with Gasteiger partial charge in [-0.15, -0.1) is 0 Å². The first-order valence-electron chi connectivity index (χ1n) is 7.15. The van der Waals surface area contributed by atoms with Gasteiger partial charge < -0.3 is 10.1 Å². The van der Waals surface area contributed by atoms with Gasteiger partial charge in [0.05, 0.1) is 0 Å². The molecular weight excluding hydrogens is 333 g/mol. The van der Waals surface area contributed by atoms with Crippen LogP contribution in [0.15, 0.2) is 54.6 Å². The van der Waals surface area contributed by atoms with Crippen LogP contribution in [0.1, 0.15) is 11.1 Å². The normalized spacial score (nSPS) is 10.6. The lowest BCUT2D eigenvalue weighted by atomic mass is 10.2. The van der Waals surface area contributed by atoms with Crippen LogP contribution in [0.5, 0.6) is 0 Å². The molecule has 0 heterocycles. The number of halogens is 2. The van der Waals surface area contributed by atoms with Gasteiger partial charge >= 0.3 is 5.97 Å². The summed E-state index contributed by atoms with van der Waals surface area (Å²) < 4.78 is 18.2. The maximum Gasteiger partial charge on any atom is 0.331 e. The second kappa shape index (κ2) is 8.84. The molecule has 0 aliphatic rings. The van der Waals surface area contributed by atoms with Gasteiger partial charge in [0, 0.05) is 23.2 Å². The van der Waals surface area contributed by atoms with E-state index in [2.05, 4.69) is 5.32 Å². The number of nitrogens with one attached hydrogen (secondary N) is 1. The van der Waals surface area contributed by atoms with Crippen LogP contribution in [-0.2, 0) is 20.9 Å². The minimum atomic E-state index is -0.726. The summed E-state index contributed by atoms with van der Waals surface area (Å²) in [7, 11) is 0. The van der Waals surface area contributed by atoms with Crippen LogP contribution in [0.2, 0.25) is 5.02 Å². The van der Waals surface area contributed by atoms with Crippen LogP contribution in [0.3, 0.4) is 0 Å². The maximum absolute atomic E-state index is 13.4. The van der Waals surface area contributed by atoms with Gasteiger partial charge in [-0.05, 0) is 29.8 Å². The van der Waals surface area contributed by atoms with Gasteiger partial charge in [0.2, 0.25) is 0 Å². The topological polar surface area (TPSA) is 55.4 Å². The van der Waals surface area contributed by atoms with Crippen molar-refractivity contribution in [2.45, 2.75) is 6.54 Å². The fourth-order valence-corrected chi connectivity index (χ4v) is 2.06. The Kier molecular flexibility index (Phi) is 6.51. The van der Waals surface area contributed by atoms with E-state index in [9.17, 15) is 14.0 Å². The SMILES string of the molecule is O=C(COC(=O)/C=C/c1ccccc1F)NCc1cccc(Cl)c1. The standard InChI is InChI=1S/C18H15ClFNO3/c19-15-6-3-4-13(10-15)11-21-17(22)12-24-18(23)9-8-14-5-1-2-7-16(14)20/h1-10H,11-12H2,(H,21,22)/b9-8+. The van der Waals surface area contributed by atoms with Crippen LogP contribution in [-0.4, -0.2) is 18.5 Å². The Bertz CT molecular complexity index is 761. The summed E-state index contributed by atoms with van der Waals surface area (Å²) in [5.74, 6) is -1.61. The molecule has 0 aliphatic heterocycles. The first kappa shape index (κ1) is 17.7. The molecule has 4 nitrogen and oxygen atoms in total. The predicted octanol–water partition coefficient (Wildman–Crippen LogP) is 3.35. The molecule has 2 aromatic carbocycles. The van der Waals surface area contributed by atoms with Gasteiger partial charge in [-0.3, -0.25) is 4.79 Å². The Morgan fingerprint density at radius 1 is 1.17 bits per heavy atom. The molecule has 0 unspecified atom stereocenters. The molecule has 124 valence electrons. The van der Waals surface area contributed by atoms with E-state index >= 15 is 0 Å². The molecule has 24 heavy (non-hydrogen) atoms. The molecule has 0 saturated heterocycles. The molecule has 1 N–H and O–H groups in total. The van der Waals surface area contributed by atoms with Crippen molar-refractivity contribution in [2.75, 3.05) is 6.61 Å². The zero-order chi connectivity index (χ0) is 17.4. The molecule has 0 saturated carbocycles. The van der Waals surface area contributed by atoms with Crippen molar-refractivity contribution in [1.29, 1.82) is 0 Å². The van der Waals surface area contributed by atoms with Gasteiger partial charge in [0.1, 0.15) is 5.82 Å². The van der Waals surface area contributed by atoms with Crippen LogP contribution < -0.4 is 5.32 Å². The van der Waals surface area contributed by atoms with E-state index in [0.29, 0.717) is 5.02 Å². The third-order valence-corrected chi connectivity index (χ3v) is 3.26. The lowest BCUT2D eigenvalue weighted by molar-refractivity contribution is -0.143. The van der Waals surface area contributed by atoms with Crippen LogP contribution >= 0.6 is 11.6 Å². The zero-order valence-electron chi connectivity index (χ0n) is 12.7. The molecule has 0 fully saturated rings. The van der Waals surface area contributed by atoms with E-state index in [1.165, 1.54) is 18.2 Å². The Balaban J connectivity index is 1.75. The van der Waals surface area contributed by atoms with Crippen LogP contribution in [0.4, 0.5) is 4.39 Å². The number of carbonyl (C=O) groups is 2. The van der Waals surface area contributed by atoms with E-state index in [1.807, 2.05) is 6.07 Å². The summed E-state index contributed by atoms with van der Waals surface area (Å²) in [6, 6.07) is 13.1. The molecule has 0 atom stereocenters. The van der Waals surface area contributed by atoms with Crippen LogP contribution in [0, 0.1) is 5.82 Å². The van der Waals surface area contributed by atoms with Gasteiger partial charge in [-0.25, -0.2) is 9.18 Å². The van der Waals surface area contributed by atoms with Gasteiger partial charge in [-0.1, -0.05) is 41.9 Å². The number of carbonyl (C=O) groups excluding carboxylic acids is 2. The van der Waals surface area contributed by atoms with Crippen molar-refractivity contribution < 1.29 is 18.7 Å². The third kappa shape index (κ3) is 5.85. The summed E-state index contributed by atoms with van der Waals surface area (Å²) in [5, 5.41) is 3.18. The molecule has 0 bridgehead atoms. The highest BCUT2D eigenvalue weighted by molar-refractivity contribution is 6.30. The van der Waals surface area contributed by atoms with Gasteiger partial charge in [0.25, 0.3) is 5.91 Å². The number of ether oxygens (including phenoxy) is 1. The summed E-state index contributed by atoms with van der Waals surface area (Å²) in [6.07, 6.45) is 2.37. The van der Waals surface area contributed by atoms with Gasteiger partial charge in [-0.2, -0.15) is 0 Å². The molecule has 2 rings (SSSR count). The van der Waals surface area contributed by atoms with E-state index in [4.69, 9.17) is 16.3 Å². The molecule has 0 spiro atoms. The van der Waals surface area contributed by atoms with E-state index in [-0.39, 0.29) is 12.1 Å². The van der Waals surface area contributed by atoms with Crippen molar-refractivity contribution in [2.24, 2.45) is 0 Å². The Labute approximate surface area is 143 Å². The monoisotopic (exact) mass is 347 g/mol. The molecule has 2 aromatic rings. The summed E-state index contributed by atoms with van der Waals surface area (Å²) in [4.78, 5) is 23.2. The van der Waals surface area contributed by atoms with Crippen molar-refractivity contribution in [3.63, 3.8) is 0 Å². The van der Waals surface area contributed by atoms with Gasteiger partial charge in [0.15, 0.2) is 6.61 Å². The zero-order valence-corrected chi connectivity index (χ0v) is 13.4. The Hall–Kier alpha value is -2.66. The summed E-state index contributed by atoms with van der Waals surface area (Å²) in [6.45, 7) is -0.136. The lowest BCUT2D eigenvalue weighted by Gasteiger charge is -2.06. The predicted molar refractivity (Wildman–Crippen MR) is 89.7 cm³/mol. The number of esters is 1. The highest BCUT2D eigenvalue weighted by Gasteiger charge is 2.05. The number of amides is 1. The van der Waals surface area contributed by atoms with Crippen molar-refractivity contribution in [3.8, 4) is 0 Å². The molecule has 0 aliphatic carbocycles. The smallest absolute Gasteiger partial charge is 0.331 e. The highest BCUT2D eigenvalue weighted by Crippen LogP contribution is 2.10. The fourth-order valence-electron chi connectivity index (χ4n) is 1.85. The first-order valence-corrected chi connectivity index (χ1v) is 7.53. The maximum atomic E-state index is 13.4. The molecule has 0 aromatic heterocycles. The van der Waals surface area contributed by atoms with Crippen molar-refractivity contribution in [1.82, 2.24) is 5.32 Å². The molecule has 1 amide bonds. The van der Waals surface area contributed by atoms with E-state index < -0.39 is 24.3 Å². The average molecular weight is 348 g/mol. The Morgan fingerprint density at radius 2 is 1.96 bits per heavy atom. The average Bonchev–Trinajstić information content (AvgIpc) is 2.57. The molecule has 0 radical (unpaired) electrons. The summed E-state index contributed by atoms with van der Waals surface area (Å²) in [5.41, 5.74) is 1.10. The minimum absolute atomic E-state index is 0.264. The minimum Gasteiger partial charge on any atom is -0.452 e. The van der Waals surface area contributed by atoms with Crippen molar-refractivity contribution in [3.05, 3.63) is 76.6 Å². The second-order valence-corrected chi connectivity index (χ2v) is 5.31. The number of hydrogen-bond acceptors (Lipinski definition) is 3. The molecule has 6 heteroatoms. The lowest BCUT2D eigenvalue weighted by Crippen LogP contribution is -2.28. The fraction of sp³-hybridized carbons (Fsp3) is 0.111. The summed E-state index contributed by atoms with van der Waals surface area (Å²) >= 11 is 5.84. The number of rotatable bonds is 6. The Morgan fingerprint density at radius 3 is 2.71 bits per heavy atom. The largest absolute Gasteiger partial charge is 0.452 e. The highest BCUT2D eigenvalue weighted by atomic mass is 35.5. The van der Waals surface area contributed by atoms with E-state index in [1.54, 1.807) is 30.3 Å². The first-order chi connectivity index (χ1) is 11.5. The van der Waals surface area contributed by atoms with E-state index in [0.717, 1.165) is 11.6 Å². The number of benzene rings is 2. The van der Waals surface area contributed by atoms with Crippen molar-refractivity contribution >= 4 is 29.6 Å². The number of hydrogen-bond donors (Lipinski definition) is 1. The second-order valence-electron chi connectivity index (χ2n) is 4.87. The molecular formula is C18H15ClFNO3. The van der Waals surface area contributed by atoms with Crippen LogP contribution in [0.25, 0.3) is 6.08 Å². The quantitative estimate of drug-likeness (QED) is 0.644. The third-order valence-electron chi connectivity index (χ3n) is 3.03.